The summed E-state index contributed by atoms with van der Waals surface area (Å²) in [4.78, 5) is 10.7. The summed E-state index contributed by atoms with van der Waals surface area (Å²) in [5.74, 6) is 0.667. The van der Waals surface area contributed by atoms with Crippen molar-refractivity contribution in [2.75, 3.05) is 17.2 Å². The molecule has 21 heavy (non-hydrogen) atoms. The van der Waals surface area contributed by atoms with Gasteiger partial charge in [0.25, 0.3) is 5.69 Å². The highest BCUT2D eigenvalue weighted by Crippen LogP contribution is 2.31. The third kappa shape index (κ3) is 4.09. The van der Waals surface area contributed by atoms with Gasteiger partial charge in [-0.05, 0) is 31.7 Å². The molecule has 2 atom stereocenters. The average Bonchev–Trinajstić information content (AvgIpc) is 2.48. The Morgan fingerprint density at radius 1 is 1.19 bits per heavy atom. The molecule has 1 saturated carbocycles. The van der Waals surface area contributed by atoms with Crippen molar-refractivity contribution in [3.8, 4) is 0 Å². The maximum Gasteiger partial charge on any atom is 0.273 e. The van der Waals surface area contributed by atoms with Gasteiger partial charge in [0.2, 0.25) is 0 Å². The molecule has 0 aromatic heterocycles. The molecule has 1 aliphatic rings. The summed E-state index contributed by atoms with van der Waals surface area (Å²) in [7, 11) is 0. The Morgan fingerprint density at radius 3 is 2.57 bits per heavy atom. The van der Waals surface area contributed by atoms with E-state index in [0.29, 0.717) is 12.0 Å². The molecule has 0 heterocycles. The lowest BCUT2D eigenvalue weighted by atomic mass is 9.83. The van der Waals surface area contributed by atoms with Crippen molar-refractivity contribution in [3.05, 3.63) is 28.3 Å². The highest BCUT2D eigenvalue weighted by molar-refractivity contribution is 5.63. The topological polar surface area (TPSA) is 67.2 Å². The van der Waals surface area contributed by atoms with E-state index in [1.165, 1.54) is 19.3 Å². The van der Waals surface area contributed by atoms with Crippen LogP contribution < -0.4 is 10.6 Å². The minimum absolute atomic E-state index is 0.139. The number of rotatable bonds is 6. The number of nitro benzene ring substituents is 1. The van der Waals surface area contributed by atoms with Crippen LogP contribution in [0.2, 0.25) is 0 Å². The number of nitrogens with zero attached hydrogens (tertiary/aromatic N) is 1. The normalized spacial score (nSPS) is 21.8. The summed E-state index contributed by atoms with van der Waals surface area (Å²) in [5, 5.41) is 17.8. The monoisotopic (exact) mass is 291 g/mol. The summed E-state index contributed by atoms with van der Waals surface area (Å²) in [6, 6.07) is 5.63. The van der Waals surface area contributed by atoms with Gasteiger partial charge in [0, 0.05) is 36.1 Å². The standard InChI is InChI=1S/C16H25N3O2/c1-3-12-7-5-6-8-16(12)18-14-9-13(17-4-2)10-15(11-14)19(20)21/h9-12,16-18H,3-8H2,1-2H3. The van der Waals surface area contributed by atoms with Gasteiger partial charge < -0.3 is 10.6 Å². The van der Waals surface area contributed by atoms with Crippen LogP contribution in [0.4, 0.5) is 17.1 Å². The van der Waals surface area contributed by atoms with Crippen LogP contribution in [0.1, 0.15) is 46.0 Å². The summed E-state index contributed by atoms with van der Waals surface area (Å²) < 4.78 is 0. The molecule has 2 unspecified atom stereocenters. The number of hydrogen-bond acceptors (Lipinski definition) is 4. The minimum Gasteiger partial charge on any atom is -0.385 e. The van der Waals surface area contributed by atoms with Crippen molar-refractivity contribution in [1.82, 2.24) is 0 Å². The second-order valence-electron chi connectivity index (χ2n) is 5.76. The van der Waals surface area contributed by atoms with Crippen LogP contribution in [0.5, 0.6) is 0 Å². The first-order chi connectivity index (χ1) is 10.1. The van der Waals surface area contributed by atoms with Crippen molar-refractivity contribution < 1.29 is 4.92 Å². The van der Waals surface area contributed by atoms with E-state index >= 15 is 0 Å². The molecule has 0 radical (unpaired) electrons. The molecule has 5 heteroatoms. The quantitative estimate of drug-likeness (QED) is 0.602. The number of nitrogens with one attached hydrogen (secondary N) is 2. The molecule has 1 aliphatic carbocycles. The first-order valence-corrected chi connectivity index (χ1v) is 7.94. The number of anilines is 2. The molecule has 1 aromatic carbocycles. The molecule has 0 saturated heterocycles. The largest absolute Gasteiger partial charge is 0.385 e. The second-order valence-corrected chi connectivity index (χ2v) is 5.76. The van der Waals surface area contributed by atoms with Gasteiger partial charge in [-0.2, -0.15) is 0 Å². The van der Waals surface area contributed by atoms with E-state index in [9.17, 15) is 10.1 Å². The zero-order chi connectivity index (χ0) is 15.2. The van der Waals surface area contributed by atoms with Gasteiger partial charge in [0.15, 0.2) is 0 Å². The van der Waals surface area contributed by atoms with E-state index in [-0.39, 0.29) is 10.6 Å². The van der Waals surface area contributed by atoms with Gasteiger partial charge in [-0.15, -0.1) is 0 Å². The Bertz CT molecular complexity index is 490. The molecule has 0 aliphatic heterocycles. The van der Waals surface area contributed by atoms with Crippen molar-refractivity contribution in [2.24, 2.45) is 5.92 Å². The van der Waals surface area contributed by atoms with Crippen molar-refractivity contribution in [2.45, 2.75) is 52.0 Å². The van der Waals surface area contributed by atoms with E-state index < -0.39 is 0 Å². The van der Waals surface area contributed by atoms with E-state index in [4.69, 9.17) is 0 Å². The lowest BCUT2D eigenvalue weighted by Gasteiger charge is -2.32. The molecule has 2 rings (SSSR count). The van der Waals surface area contributed by atoms with Gasteiger partial charge in [-0.25, -0.2) is 0 Å². The third-order valence-electron chi connectivity index (χ3n) is 4.30. The predicted octanol–water partition coefficient (Wildman–Crippen LogP) is 4.41. The highest BCUT2D eigenvalue weighted by Gasteiger charge is 2.24. The van der Waals surface area contributed by atoms with Crippen LogP contribution in [-0.2, 0) is 0 Å². The molecule has 0 spiro atoms. The highest BCUT2D eigenvalue weighted by atomic mass is 16.6. The Balaban J connectivity index is 2.19. The van der Waals surface area contributed by atoms with E-state index in [0.717, 1.165) is 30.8 Å². The predicted molar refractivity (Wildman–Crippen MR) is 86.9 cm³/mol. The van der Waals surface area contributed by atoms with Crippen molar-refractivity contribution in [1.29, 1.82) is 0 Å². The molecular weight excluding hydrogens is 266 g/mol. The van der Waals surface area contributed by atoms with Crippen LogP contribution in [0, 0.1) is 16.0 Å². The van der Waals surface area contributed by atoms with Gasteiger partial charge >= 0.3 is 0 Å². The number of non-ortho nitro benzene ring substituents is 1. The fraction of sp³-hybridized carbons (Fsp3) is 0.625. The van der Waals surface area contributed by atoms with Crippen LogP contribution in [0.25, 0.3) is 0 Å². The number of hydrogen-bond donors (Lipinski definition) is 2. The Morgan fingerprint density at radius 2 is 1.90 bits per heavy atom. The molecule has 5 nitrogen and oxygen atoms in total. The van der Waals surface area contributed by atoms with Crippen LogP contribution >= 0.6 is 0 Å². The smallest absolute Gasteiger partial charge is 0.273 e. The first-order valence-electron chi connectivity index (χ1n) is 7.94. The zero-order valence-corrected chi connectivity index (χ0v) is 12.9. The molecule has 0 amide bonds. The van der Waals surface area contributed by atoms with Crippen LogP contribution in [-0.4, -0.2) is 17.5 Å². The molecule has 1 fully saturated rings. The summed E-state index contributed by atoms with van der Waals surface area (Å²) in [5.41, 5.74) is 1.79. The summed E-state index contributed by atoms with van der Waals surface area (Å²) in [6.45, 7) is 4.96. The van der Waals surface area contributed by atoms with Crippen LogP contribution in [0.15, 0.2) is 18.2 Å². The zero-order valence-electron chi connectivity index (χ0n) is 12.9. The molecule has 0 bridgehead atoms. The van der Waals surface area contributed by atoms with Crippen LogP contribution in [0.3, 0.4) is 0 Å². The molecule has 2 N–H and O–H groups in total. The molecular formula is C16H25N3O2. The summed E-state index contributed by atoms with van der Waals surface area (Å²) in [6.07, 6.45) is 6.10. The Kier molecular flexibility index (Phi) is 5.42. The van der Waals surface area contributed by atoms with Gasteiger partial charge in [-0.3, -0.25) is 10.1 Å². The van der Waals surface area contributed by atoms with Gasteiger partial charge in [0.05, 0.1) is 4.92 Å². The fourth-order valence-corrected chi connectivity index (χ4v) is 3.21. The lowest BCUT2D eigenvalue weighted by molar-refractivity contribution is -0.384. The number of nitro groups is 1. The molecule has 116 valence electrons. The fourth-order valence-electron chi connectivity index (χ4n) is 3.21. The summed E-state index contributed by atoms with van der Waals surface area (Å²) >= 11 is 0. The van der Waals surface area contributed by atoms with Gasteiger partial charge in [-0.1, -0.05) is 26.2 Å². The van der Waals surface area contributed by atoms with Crippen molar-refractivity contribution in [3.63, 3.8) is 0 Å². The minimum atomic E-state index is -0.329. The van der Waals surface area contributed by atoms with E-state index in [2.05, 4.69) is 17.6 Å². The average molecular weight is 291 g/mol. The number of benzene rings is 1. The van der Waals surface area contributed by atoms with Gasteiger partial charge in [0.1, 0.15) is 0 Å². The van der Waals surface area contributed by atoms with E-state index in [1.54, 1.807) is 12.1 Å². The SMILES string of the molecule is CCNc1cc(NC2CCCCC2CC)cc([N+](=O)[O-])c1. The maximum absolute atomic E-state index is 11.1. The van der Waals surface area contributed by atoms with E-state index in [1.807, 2.05) is 13.0 Å². The third-order valence-corrected chi connectivity index (χ3v) is 4.30. The maximum atomic E-state index is 11.1. The van der Waals surface area contributed by atoms with Crippen molar-refractivity contribution >= 4 is 17.1 Å². The second kappa shape index (κ2) is 7.29. The molecule has 1 aromatic rings. The Hall–Kier alpha value is -1.78. The lowest BCUT2D eigenvalue weighted by Crippen LogP contribution is -2.31. The Labute approximate surface area is 126 Å². The first kappa shape index (κ1) is 15.6.